The average Bonchev–Trinajstić information content (AvgIpc) is 3.30. The normalized spacial score (nSPS) is 27.9. The van der Waals surface area contributed by atoms with Gasteiger partial charge in [0.15, 0.2) is 0 Å². The first kappa shape index (κ1) is 24.3. The topological polar surface area (TPSA) is 70.1 Å². The molecule has 3 aliphatic rings. The van der Waals surface area contributed by atoms with Gasteiger partial charge in [0.25, 0.3) is 0 Å². The van der Waals surface area contributed by atoms with Crippen LogP contribution in [0.3, 0.4) is 0 Å². The van der Waals surface area contributed by atoms with E-state index >= 15 is 0 Å². The summed E-state index contributed by atoms with van der Waals surface area (Å²) in [7, 11) is 0. The zero-order valence-corrected chi connectivity index (χ0v) is 21.1. The lowest BCUT2D eigenvalue weighted by atomic mass is 9.51. The first-order valence-electron chi connectivity index (χ1n) is 12.5. The van der Waals surface area contributed by atoms with Crippen LogP contribution in [0, 0.1) is 23.2 Å². The van der Waals surface area contributed by atoms with E-state index in [2.05, 4.69) is 76.0 Å². The van der Waals surface area contributed by atoms with Crippen molar-refractivity contribution in [3.05, 3.63) is 101 Å². The highest BCUT2D eigenvalue weighted by Crippen LogP contribution is 2.52. The molecule has 5 unspecified atom stereocenters. The van der Waals surface area contributed by atoms with Crippen LogP contribution in [0.5, 0.6) is 0 Å². The first-order chi connectivity index (χ1) is 17.1. The summed E-state index contributed by atoms with van der Waals surface area (Å²) >= 11 is 0. The molecule has 2 aliphatic carbocycles. The van der Waals surface area contributed by atoms with Crippen LogP contribution < -0.4 is 15.8 Å². The second-order valence-electron chi connectivity index (χ2n) is 10.1. The minimum atomic E-state index is -0.410. The lowest BCUT2D eigenvalue weighted by molar-refractivity contribution is -0.126. The van der Waals surface area contributed by atoms with E-state index in [1.807, 2.05) is 24.7 Å². The highest BCUT2D eigenvalue weighted by Gasteiger charge is 2.57. The zero-order valence-electron chi connectivity index (χ0n) is 20.3. The van der Waals surface area contributed by atoms with Crippen LogP contribution in [0.15, 0.2) is 84.5 Å². The number of hydrogen-bond acceptors (Lipinski definition) is 4. The van der Waals surface area contributed by atoms with Gasteiger partial charge in [-0.05, 0) is 60.1 Å². The van der Waals surface area contributed by atoms with Gasteiger partial charge in [-0.15, -0.1) is 12.4 Å². The van der Waals surface area contributed by atoms with Gasteiger partial charge >= 0.3 is 0 Å². The highest BCUT2D eigenvalue weighted by molar-refractivity contribution is 6.19. The smallest absolute Gasteiger partial charge is 0.135 e. The molecule has 6 heteroatoms. The van der Waals surface area contributed by atoms with Gasteiger partial charge in [0.05, 0.1) is 23.5 Å². The monoisotopic (exact) mass is 498 g/mol. The number of benzene rings is 2. The third kappa shape index (κ3) is 4.11. The van der Waals surface area contributed by atoms with Crippen LogP contribution in [-0.2, 0) is 17.6 Å². The minimum Gasteiger partial charge on any atom is -0.385 e. The molecule has 5 nitrogen and oxygen atoms in total. The van der Waals surface area contributed by atoms with E-state index in [1.165, 1.54) is 16.0 Å². The van der Waals surface area contributed by atoms with Crippen molar-refractivity contribution in [3.63, 3.8) is 0 Å². The number of ketones is 1. The van der Waals surface area contributed by atoms with E-state index < -0.39 is 5.41 Å². The number of hydrogen-bond donors (Lipinski definition) is 2. The van der Waals surface area contributed by atoms with Gasteiger partial charge in [0, 0.05) is 30.2 Å². The molecule has 1 aliphatic heterocycles. The predicted octanol–water partition coefficient (Wildman–Crippen LogP) is 3.60. The van der Waals surface area contributed by atoms with Gasteiger partial charge in [0.2, 0.25) is 0 Å². The Kier molecular flexibility index (Phi) is 6.67. The first-order valence-corrected chi connectivity index (χ1v) is 12.5. The lowest BCUT2D eigenvalue weighted by Gasteiger charge is -2.54. The van der Waals surface area contributed by atoms with Gasteiger partial charge in [0.1, 0.15) is 5.78 Å². The molecule has 3 aromatic rings. The molecule has 6 rings (SSSR count). The van der Waals surface area contributed by atoms with Gasteiger partial charge in [-0.1, -0.05) is 60.7 Å². The van der Waals surface area contributed by atoms with Crippen molar-refractivity contribution in [2.75, 3.05) is 0 Å². The molecule has 5 atom stereocenters. The minimum absolute atomic E-state index is 0. The molecule has 2 N–H and O–H groups in total. The van der Waals surface area contributed by atoms with Gasteiger partial charge < -0.3 is 10.3 Å². The Labute approximate surface area is 217 Å². The SMILES string of the molecule is CC(=O)C1C(Cc2ccccc2)CC(Cc2cnc[nH]2)C23C=c4ccccc4=CC2=NC=CNC13.Cl. The van der Waals surface area contributed by atoms with Gasteiger partial charge in [-0.2, -0.15) is 0 Å². The van der Waals surface area contributed by atoms with E-state index in [0.29, 0.717) is 0 Å². The van der Waals surface area contributed by atoms with Crippen molar-refractivity contribution in [1.29, 1.82) is 0 Å². The maximum Gasteiger partial charge on any atom is 0.135 e. The summed E-state index contributed by atoms with van der Waals surface area (Å²) in [5.74, 6) is 0.582. The molecule has 1 fully saturated rings. The number of rotatable bonds is 5. The average molecular weight is 499 g/mol. The van der Waals surface area contributed by atoms with Crippen LogP contribution in [-0.4, -0.2) is 27.5 Å². The van der Waals surface area contributed by atoms with Crippen molar-refractivity contribution < 1.29 is 4.79 Å². The van der Waals surface area contributed by atoms with Crippen molar-refractivity contribution >= 4 is 36.1 Å². The van der Waals surface area contributed by atoms with E-state index in [-0.39, 0.29) is 42.0 Å². The van der Waals surface area contributed by atoms with Crippen LogP contribution in [0.25, 0.3) is 12.2 Å². The maximum atomic E-state index is 13.4. The number of aliphatic imine (C=N–C) groups is 1. The predicted molar refractivity (Wildman–Crippen MR) is 146 cm³/mol. The number of carbonyl (C=O) groups excluding carboxylic acids is 1. The van der Waals surface area contributed by atoms with E-state index in [4.69, 9.17) is 4.99 Å². The number of nitrogens with zero attached hydrogens (tertiary/aromatic N) is 2. The molecule has 184 valence electrons. The van der Waals surface area contributed by atoms with Gasteiger partial charge in [-0.25, -0.2) is 4.98 Å². The Hall–Kier alpha value is -3.44. The van der Waals surface area contributed by atoms with Crippen LogP contribution in [0.1, 0.15) is 24.6 Å². The van der Waals surface area contributed by atoms with E-state index in [0.717, 1.165) is 30.7 Å². The van der Waals surface area contributed by atoms with Crippen molar-refractivity contribution in [2.24, 2.45) is 28.2 Å². The molecule has 1 spiro atoms. The summed E-state index contributed by atoms with van der Waals surface area (Å²) in [4.78, 5) is 25.9. The number of nitrogens with one attached hydrogen (secondary N) is 2. The Balaban J connectivity index is 0.00000267. The summed E-state index contributed by atoms with van der Waals surface area (Å²) < 4.78 is 0. The molecule has 1 saturated carbocycles. The van der Waals surface area contributed by atoms with Crippen LogP contribution in [0.4, 0.5) is 0 Å². The molecule has 0 amide bonds. The molecule has 1 aromatic heterocycles. The zero-order chi connectivity index (χ0) is 23.8. The summed E-state index contributed by atoms with van der Waals surface area (Å²) in [6.07, 6.45) is 14.8. The number of imidazole rings is 1. The van der Waals surface area contributed by atoms with Gasteiger partial charge in [-0.3, -0.25) is 9.79 Å². The number of aromatic nitrogens is 2. The summed E-state index contributed by atoms with van der Waals surface area (Å²) in [6.45, 7) is 1.76. The molecular weight excluding hydrogens is 468 g/mol. The number of Topliss-reactive ketones (excluding diaryl/α,β-unsaturated/α-hetero) is 1. The Morgan fingerprint density at radius 1 is 1.06 bits per heavy atom. The fraction of sp³-hybridized carbons (Fsp3) is 0.300. The maximum absolute atomic E-state index is 13.4. The quantitative estimate of drug-likeness (QED) is 0.564. The second kappa shape index (κ2) is 9.90. The molecular formula is C30H31ClN4O. The summed E-state index contributed by atoms with van der Waals surface area (Å²) in [5.41, 5.74) is 3.03. The fourth-order valence-electron chi connectivity index (χ4n) is 6.75. The number of aromatic amines is 1. The Bertz CT molecular complexity index is 1410. The standard InChI is InChI=1S/C30H30N4O.ClH/c1-20(35)28-24(13-21-7-3-2-4-8-21)14-25(16-26-18-31-19-34-26)30-17-23-10-6-5-9-22(23)15-27(30)32-11-12-33-29(28)30;/h2-12,15,17-19,24-25,28-29,33H,13-14,16H2,1H3,(H,31,34);1H. The van der Waals surface area contributed by atoms with Crippen molar-refractivity contribution in [3.8, 4) is 0 Å². The Morgan fingerprint density at radius 3 is 2.58 bits per heavy atom. The molecule has 0 saturated heterocycles. The fourth-order valence-corrected chi connectivity index (χ4v) is 6.75. The Morgan fingerprint density at radius 2 is 1.83 bits per heavy atom. The molecule has 0 bridgehead atoms. The number of carbonyl (C=O) groups is 1. The summed E-state index contributed by atoms with van der Waals surface area (Å²) in [5, 5.41) is 6.05. The van der Waals surface area contributed by atoms with Crippen molar-refractivity contribution in [1.82, 2.24) is 15.3 Å². The highest BCUT2D eigenvalue weighted by atomic mass is 35.5. The molecule has 0 radical (unpaired) electrons. The number of halogens is 1. The lowest BCUT2D eigenvalue weighted by Crippen LogP contribution is -2.63. The second-order valence-corrected chi connectivity index (χ2v) is 10.1. The van der Waals surface area contributed by atoms with Crippen LogP contribution >= 0.6 is 12.4 Å². The molecule has 36 heavy (non-hydrogen) atoms. The molecule has 2 heterocycles. The largest absolute Gasteiger partial charge is 0.385 e. The summed E-state index contributed by atoms with van der Waals surface area (Å²) in [6, 6.07) is 19.0. The third-order valence-corrected chi connectivity index (χ3v) is 8.17. The molecule has 2 aromatic carbocycles. The number of H-pyrrole nitrogens is 1. The van der Waals surface area contributed by atoms with E-state index in [9.17, 15) is 4.79 Å². The van der Waals surface area contributed by atoms with Crippen LogP contribution in [0.2, 0.25) is 0 Å². The number of fused-ring (bicyclic) bond motifs is 1. The van der Waals surface area contributed by atoms with E-state index in [1.54, 1.807) is 13.3 Å². The third-order valence-electron chi connectivity index (χ3n) is 8.17. The van der Waals surface area contributed by atoms with Crippen molar-refractivity contribution in [2.45, 2.75) is 32.2 Å².